The molecular weight excluding hydrogens is 498 g/mol. The van der Waals surface area contributed by atoms with Crippen molar-refractivity contribution in [1.29, 1.82) is 0 Å². The van der Waals surface area contributed by atoms with E-state index in [9.17, 15) is 14.4 Å². The maximum Gasteiger partial charge on any atom is 0.339 e. The number of carbonyl (C=O) groups excluding carboxylic acids is 3. The molecule has 174 valence electrons. The number of aryl methyl sites for hydroxylation is 1. The zero-order valence-electron chi connectivity index (χ0n) is 18.9. The van der Waals surface area contributed by atoms with E-state index in [1.165, 1.54) is 0 Å². The van der Waals surface area contributed by atoms with Gasteiger partial charge in [0.2, 0.25) is 5.91 Å². The minimum Gasteiger partial charge on any atom is -0.462 e. The highest BCUT2D eigenvalue weighted by Crippen LogP contribution is 2.56. The van der Waals surface area contributed by atoms with E-state index in [2.05, 4.69) is 21.2 Å². The van der Waals surface area contributed by atoms with Crippen molar-refractivity contribution < 1.29 is 19.1 Å². The molecule has 0 aromatic heterocycles. The zero-order chi connectivity index (χ0) is 24.2. The van der Waals surface area contributed by atoms with Crippen molar-refractivity contribution in [3.05, 3.63) is 80.7 Å². The number of benzene rings is 2. The number of allylic oxidation sites excluding steroid dienone is 1. The van der Waals surface area contributed by atoms with Crippen molar-refractivity contribution in [2.45, 2.75) is 38.5 Å². The number of halogens is 1. The van der Waals surface area contributed by atoms with Crippen LogP contribution in [0.3, 0.4) is 0 Å². The second kappa shape index (κ2) is 8.13. The van der Waals surface area contributed by atoms with Crippen molar-refractivity contribution >= 4 is 45.0 Å². The van der Waals surface area contributed by atoms with Gasteiger partial charge < -0.3 is 15.8 Å². The van der Waals surface area contributed by atoms with Crippen LogP contribution in [0.5, 0.6) is 0 Å². The normalized spacial score (nSPS) is 21.6. The molecule has 1 aliphatic carbocycles. The highest BCUT2D eigenvalue weighted by molar-refractivity contribution is 9.10. The van der Waals surface area contributed by atoms with Crippen molar-refractivity contribution in [3.8, 4) is 0 Å². The summed E-state index contributed by atoms with van der Waals surface area (Å²) >= 11 is 3.48. The Morgan fingerprint density at radius 3 is 2.74 bits per heavy atom. The number of rotatable bonds is 3. The Labute approximate surface area is 205 Å². The molecule has 0 bridgehead atoms. The standard InChI is InChI=1S/C26H24BrN3O4/c1-3-34-24(32)22-23(28)30(16-7-4-6-14(2)12-16)19-8-5-9-20(31)21(19)26(22)17-13-15(27)10-11-18(17)29-25(26)33/h4,6-7,10-13H,3,5,8-9,28H2,1-2H3,(H,29,33). The SMILES string of the molecule is CCOC(=O)C1=C(N)N(c2cccc(C)c2)C2=C(C(=O)CCC2)C12C(=O)Nc1ccc(Br)cc12. The number of ether oxygens (including phenoxy) is 1. The summed E-state index contributed by atoms with van der Waals surface area (Å²) in [6.07, 6.45) is 1.46. The highest BCUT2D eigenvalue weighted by atomic mass is 79.9. The van der Waals surface area contributed by atoms with Crippen molar-refractivity contribution in [3.63, 3.8) is 0 Å². The fourth-order valence-corrected chi connectivity index (χ4v) is 5.71. The van der Waals surface area contributed by atoms with Crippen LogP contribution in [-0.2, 0) is 24.5 Å². The Kier molecular flexibility index (Phi) is 5.36. The van der Waals surface area contributed by atoms with Crippen molar-refractivity contribution in [2.24, 2.45) is 5.73 Å². The van der Waals surface area contributed by atoms with Gasteiger partial charge in [0.05, 0.1) is 6.61 Å². The molecule has 1 unspecified atom stereocenters. The van der Waals surface area contributed by atoms with E-state index in [0.717, 1.165) is 15.7 Å². The number of amides is 1. The van der Waals surface area contributed by atoms with Crippen LogP contribution in [-0.4, -0.2) is 24.3 Å². The summed E-state index contributed by atoms with van der Waals surface area (Å²) in [5.41, 5.74) is 8.79. The Hall–Kier alpha value is -3.39. The topological polar surface area (TPSA) is 102 Å². The smallest absolute Gasteiger partial charge is 0.339 e. The zero-order valence-corrected chi connectivity index (χ0v) is 20.5. The molecule has 1 amide bonds. The number of esters is 1. The van der Waals surface area contributed by atoms with Crippen molar-refractivity contribution in [2.75, 3.05) is 16.8 Å². The summed E-state index contributed by atoms with van der Waals surface area (Å²) in [5.74, 6) is -1.26. The van der Waals surface area contributed by atoms with E-state index in [4.69, 9.17) is 10.5 Å². The van der Waals surface area contributed by atoms with Crippen LogP contribution in [0, 0.1) is 6.92 Å². The summed E-state index contributed by atoms with van der Waals surface area (Å²) in [6, 6.07) is 13.0. The maximum absolute atomic E-state index is 13.9. The molecule has 8 heteroatoms. The number of anilines is 2. The summed E-state index contributed by atoms with van der Waals surface area (Å²) < 4.78 is 6.14. The van der Waals surface area contributed by atoms with Gasteiger partial charge in [0.1, 0.15) is 16.8 Å². The molecule has 34 heavy (non-hydrogen) atoms. The third-order valence-corrected chi connectivity index (χ3v) is 7.11. The molecule has 3 N–H and O–H groups in total. The van der Waals surface area contributed by atoms with Crippen molar-refractivity contribution in [1.82, 2.24) is 0 Å². The van der Waals surface area contributed by atoms with Gasteiger partial charge in [0.15, 0.2) is 5.78 Å². The Morgan fingerprint density at radius 2 is 2.00 bits per heavy atom. The van der Waals surface area contributed by atoms with E-state index in [-0.39, 0.29) is 30.2 Å². The molecule has 1 atom stereocenters. The predicted molar refractivity (Wildman–Crippen MR) is 132 cm³/mol. The molecule has 7 nitrogen and oxygen atoms in total. The number of carbonyl (C=O) groups is 3. The van der Waals surface area contributed by atoms with Crippen LogP contribution in [0.25, 0.3) is 0 Å². The molecule has 3 aliphatic rings. The van der Waals surface area contributed by atoms with Gasteiger partial charge in [-0.05, 0) is 62.6 Å². The number of nitrogens with one attached hydrogen (secondary N) is 1. The highest BCUT2D eigenvalue weighted by Gasteiger charge is 2.62. The lowest BCUT2D eigenvalue weighted by molar-refractivity contribution is -0.140. The van der Waals surface area contributed by atoms with E-state index in [0.29, 0.717) is 35.4 Å². The molecule has 2 aromatic carbocycles. The lowest BCUT2D eigenvalue weighted by Gasteiger charge is -2.44. The Balaban J connectivity index is 1.91. The number of nitrogens with two attached hydrogens (primary N) is 1. The van der Waals surface area contributed by atoms with Crippen LogP contribution in [0.2, 0.25) is 0 Å². The van der Waals surface area contributed by atoms with Crippen LogP contribution in [0.1, 0.15) is 37.3 Å². The Bertz CT molecular complexity index is 1330. The second-order valence-corrected chi connectivity index (χ2v) is 9.56. The summed E-state index contributed by atoms with van der Waals surface area (Å²) in [7, 11) is 0. The lowest BCUT2D eigenvalue weighted by atomic mass is 9.63. The molecule has 0 saturated heterocycles. The fraction of sp³-hybridized carbons (Fsp3) is 0.269. The number of hydrogen-bond acceptors (Lipinski definition) is 6. The Morgan fingerprint density at radius 1 is 1.21 bits per heavy atom. The van der Waals surface area contributed by atoms with E-state index in [1.54, 1.807) is 30.0 Å². The first-order valence-corrected chi connectivity index (χ1v) is 12.0. The average molecular weight is 522 g/mol. The minimum atomic E-state index is -1.68. The second-order valence-electron chi connectivity index (χ2n) is 8.65. The first-order chi connectivity index (χ1) is 16.3. The largest absolute Gasteiger partial charge is 0.462 e. The molecule has 2 heterocycles. The molecule has 0 radical (unpaired) electrons. The monoisotopic (exact) mass is 521 g/mol. The first kappa shape index (κ1) is 22.4. The summed E-state index contributed by atoms with van der Waals surface area (Å²) in [6.45, 7) is 3.75. The number of nitrogens with zero attached hydrogens (tertiary/aromatic N) is 1. The number of hydrogen-bond donors (Lipinski definition) is 2. The van der Waals surface area contributed by atoms with Gasteiger partial charge in [0.25, 0.3) is 0 Å². The number of Topliss-reactive ketones (excluding diaryl/α,β-unsaturated/α-hetero) is 1. The van der Waals surface area contributed by atoms with Gasteiger partial charge in [-0.3, -0.25) is 14.5 Å². The third kappa shape index (κ3) is 3.05. The lowest BCUT2D eigenvalue weighted by Crippen LogP contribution is -2.53. The molecule has 0 saturated carbocycles. The molecule has 0 fully saturated rings. The fourth-order valence-electron chi connectivity index (χ4n) is 5.34. The minimum absolute atomic E-state index is 0.0285. The van der Waals surface area contributed by atoms with E-state index >= 15 is 0 Å². The van der Waals surface area contributed by atoms with Gasteiger partial charge in [-0.25, -0.2) is 4.79 Å². The number of ketones is 1. The first-order valence-electron chi connectivity index (χ1n) is 11.2. The average Bonchev–Trinajstić information content (AvgIpc) is 3.06. The van der Waals surface area contributed by atoms with Gasteiger partial charge in [-0.1, -0.05) is 28.1 Å². The quantitative estimate of drug-likeness (QED) is 0.586. The van der Waals surface area contributed by atoms with E-state index in [1.807, 2.05) is 31.2 Å². The van der Waals surface area contributed by atoms with Crippen LogP contribution < -0.4 is 16.0 Å². The van der Waals surface area contributed by atoms with Crippen LogP contribution in [0.15, 0.2) is 69.6 Å². The molecule has 5 rings (SSSR count). The van der Waals surface area contributed by atoms with Crippen LogP contribution >= 0.6 is 15.9 Å². The maximum atomic E-state index is 13.9. The molecule has 2 aromatic rings. The molecule has 2 aliphatic heterocycles. The van der Waals surface area contributed by atoms with E-state index < -0.39 is 17.3 Å². The number of fused-ring (bicyclic) bond motifs is 3. The van der Waals surface area contributed by atoms with Crippen LogP contribution in [0.4, 0.5) is 11.4 Å². The van der Waals surface area contributed by atoms with Gasteiger partial charge in [0, 0.05) is 39.1 Å². The van der Waals surface area contributed by atoms with Gasteiger partial charge >= 0.3 is 5.97 Å². The molecule has 1 spiro atoms. The third-order valence-electron chi connectivity index (χ3n) is 6.62. The molecular formula is C26H24BrN3O4. The summed E-state index contributed by atoms with van der Waals surface area (Å²) in [4.78, 5) is 42.7. The predicted octanol–water partition coefficient (Wildman–Crippen LogP) is 4.21. The van der Waals surface area contributed by atoms with Gasteiger partial charge in [-0.2, -0.15) is 0 Å². The summed E-state index contributed by atoms with van der Waals surface area (Å²) in [5, 5.41) is 2.89. The van der Waals surface area contributed by atoms with Gasteiger partial charge in [-0.15, -0.1) is 0 Å².